The third-order valence-corrected chi connectivity index (χ3v) is 8.90. The topological polar surface area (TPSA) is 66.8 Å². The largest absolute Gasteiger partial charge is 0.511 e. The number of ether oxygens (including phenoxy) is 1. The number of allylic oxidation sites excluding steroid dienone is 4. The maximum atomic E-state index is 13.6. The second kappa shape index (κ2) is 8.29. The van der Waals surface area contributed by atoms with Crippen molar-refractivity contribution in [1.29, 1.82) is 0 Å². The van der Waals surface area contributed by atoms with Gasteiger partial charge in [-0.3, -0.25) is 4.79 Å². The molecule has 1 N–H and O–H groups in total. The number of amides is 1. The van der Waals surface area contributed by atoms with Gasteiger partial charge in [-0.15, -0.1) is 0 Å². The number of rotatable bonds is 4. The van der Waals surface area contributed by atoms with E-state index in [4.69, 9.17) is 9.84 Å². The van der Waals surface area contributed by atoms with Crippen LogP contribution in [0.5, 0.6) is 0 Å². The summed E-state index contributed by atoms with van der Waals surface area (Å²) in [5.41, 5.74) is 2.99. The Morgan fingerprint density at radius 2 is 1.77 bits per heavy atom. The van der Waals surface area contributed by atoms with Gasteiger partial charge in [0.1, 0.15) is 5.76 Å². The molecule has 2 saturated carbocycles. The molecule has 2 fully saturated rings. The zero-order valence-electron chi connectivity index (χ0n) is 19.8. The zero-order valence-corrected chi connectivity index (χ0v) is 19.8. The van der Waals surface area contributed by atoms with Crippen molar-refractivity contribution in [3.63, 3.8) is 0 Å². The molecule has 5 heteroatoms. The fourth-order valence-electron chi connectivity index (χ4n) is 7.76. The number of fused-ring (bicyclic) bond motifs is 4. The molecule has 0 aromatic heterocycles. The average Bonchev–Trinajstić information content (AvgIpc) is 3.03. The molecule has 172 valence electrons. The third-order valence-electron chi connectivity index (χ3n) is 8.90. The van der Waals surface area contributed by atoms with E-state index in [2.05, 4.69) is 39.5 Å². The first-order chi connectivity index (χ1) is 14.6. The highest BCUT2D eigenvalue weighted by Crippen LogP contribution is 2.63. The molecule has 4 rings (SSSR count). The van der Waals surface area contributed by atoms with Gasteiger partial charge in [0.2, 0.25) is 5.91 Å². The molecular formula is C26H39NO4. The van der Waals surface area contributed by atoms with E-state index in [1.165, 1.54) is 12.0 Å². The van der Waals surface area contributed by atoms with Crippen LogP contribution in [-0.4, -0.2) is 34.2 Å². The van der Waals surface area contributed by atoms with Crippen molar-refractivity contribution in [2.45, 2.75) is 98.1 Å². The van der Waals surface area contributed by atoms with Gasteiger partial charge in [-0.05, 0) is 107 Å². The predicted molar refractivity (Wildman–Crippen MR) is 120 cm³/mol. The minimum absolute atomic E-state index is 0.112. The molecule has 0 unspecified atom stereocenters. The lowest BCUT2D eigenvalue weighted by Gasteiger charge is -2.52. The molecule has 31 heavy (non-hydrogen) atoms. The second-order valence-corrected chi connectivity index (χ2v) is 11.1. The maximum Gasteiger partial charge on any atom is 0.511 e. The molecule has 4 aliphatic rings. The summed E-state index contributed by atoms with van der Waals surface area (Å²) in [6.07, 6.45) is 9.05. The van der Waals surface area contributed by atoms with E-state index in [0.717, 1.165) is 38.5 Å². The summed E-state index contributed by atoms with van der Waals surface area (Å²) >= 11 is 0. The summed E-state index contributed by atoms with van der Waals surface area (Å²) in [5.74, 6) is 3.01. The van der Waals surface area contributed by atoms with Gasteiger partial charge in [-0.1, -0.05) is 12.5 Å². The Bertz CT molecular complexity index is 802. The van der Waals surface area contributed by atoms with Gasteiger partial charge in [-0.25, -0.2) is 4.79 Å². The van der Waals surface area contributed by atoms with Crippen LogP contribution < -0.4 is 0 Å². The standard InChI is InChI=1S/C26H39NO4/c1-15(2)27(16(3)4)24(28)23-11-10-22-21-8-6-17-14-18(31-25(29)30)7-9-19(17)20(21)12-13-26(22,23)5/h14-16,20-23H,6-13H2,1-5H3,(H,29,30)/t20-,21-,22+,23-,26+/m1/s1. The minimum atomic E-state index is -1.21. The van der Waals surface area contributed by atoms with Crippen LogP contribution in [0.1, 0.15) is 86.0 Å². The van der Waals surface area contributed by atoms with Gasteiger partial charge in [-0.2, -0.15) is 0 Å². The highest BCUT2D eigenvalue weighted by Gasteiger charge is 2.57. The van der Waals surface area contributed by atoms with E-state index in [1.807, 2.05) is 6.08 Å². The van der Waals surface area contributed by atoms with Gasteiger partial charge in [0.15, 0.2) is 0 Å². The molecule has 0 radical (unpaired) electrons. The van der Waals surface area contributed by atoms with Crippen LogP contribution in [-0.2, 0) is 9.53 Å². The minimum Gasteiger partial charge on any atom is -0.449 e. The van der Waals surface area contributed by atoms with Crippen LogP contribution in [0.2, 0.25) is 0 Å². The Hall–Kier alpha value is -1.78. The monoisotopic (exact) mass is 429 g/mol. The average molecular weight is 430 g/mol. The summed E-state index contributed by atoms with van der Waals surface area (Å²) in [6, 6.07) is 0.482. The lowest BCUT2D eigenvalue weighted by Crippen LogP contribution is -2.51. The fraction of sp³-hybridized carbons (Fsp3) is 0.769. The quantitative estimate of drug-likeness (QED) is 0.544. The zero-order chi connectivity index (χ0) is 22.5. The number of hydrogen-bond donors (Lipinski definition) is 1. The number of nitrogens with zero attached hydrogens (tertiary/aromatic N) is 1. The first-order valence-electron chi connectivity index (χ1n) is 12.3. The van der Waals surface area contributed by atoms with Gasteiger partial charge in [0.05, 0.1) is 0 Å². The highest BCUT2D eigenvalue weighted by molar-refractivity contribution is 5.80. The second-order valence-electron chi connectivity index (χ2n) is 11.1. The maximum absolute atomic E-state index is 13.6. The summed E-state index contributed by atoms with van der Waals surface area (Å²) in [6.45, 7) is 11.0. The van der Waals surface area contributed by atoms with Gasteiger partial charge in [0.25, 0.3) is 0 Å². The van der Waals surface area contributed by atoms with E-state index in [-0.39, 0.29) is 23.4 Å². The van der Waals surface area contributed by atoms with Crippen molar-refractivity contribution < 1.29 is 19.4 Å². The van der Waals surface area contributed by atoms with Crippen LogP contribution >= 0.6 is 0 Å². The number of carboxylic acid groups (broad SMARTS) is 1. The number of carbonyl (C=O) groups is 2. The molecule has 0 saturated heterocycles. The fourth-order valence-corrected chi connectivity index (χ4v) is 7.76. The predicted octanol–water partition coefficient (Wildman–Crippen LogP) is 6.15. The van der Waals surface area contributed by atoms with Gasteiger partial charge < -0.3 is 14.7 Å². The Labute approximate surface area is 186 Å². The van der Waals surface area contributed by atoms with Crippen molar-refractivity contribution in [2.75, 3.05) is 0 Å². The molecule has 0 bridgehead atoms. The number of hydrogen-bond acceptors (Lipinski definition) is 3. The lowest BCUT2D eigenvalue weighted by molar-refractivity contribution is -0.145. The van der Waals surface area contributed by atoms with Crippen molar-refractivity contribution in [1.82, 2.24) is 4.90 Å². The molecular weight excluding hydrogens is 390 g/mol. The molecule has 0 heterocycles. The summed E-state index contributed by atoms with van der Waals surface area (Å²) < 4.78 is 4.96. The van der Waals surface area contributed by atoms with E-state index in [1.54, 1.807) is 5.57 Å². The number of carbonyl (C=O) groups excluding carboxylic acids is 1. The van der Waals surface area contributed by atoms with E-state index < -0.39 is 6.16 Å². The normalized spacial score (nSPS) is 34.7. The van der Waals surface area contributed by atoms with Crippen molar-refractivity contribution >= 4 is 12.1 Å². The summed E-state index contributed by atoms with van der Waals surface area (Å²) in [4.78, 5) is 26.7. The van der Waals surface area contributed by atoms with Crippen molar-refractivity contribution in [2.24, 2.45) is 29.1 Å². The molecule has 4 aliphatic carbocycles. The molecule has 0 spiro atoms. The lowest BCUT2D eigenvalue weighted by atomic mass is 9.53. The molecule has 5 atom stereocenters. The van der Waals surface area contributed by atoms with Crippen molar-refractivity contribution in [3.05, 3.63) is 23.0 Å². The molecule has 1 amide bonds. The van der Waals surface area contributed by atoms with E-state index >= 15 is 0 Å². The Morgan fingerprint density at radius 3 is 2.42 bits per heavy atom. The molecule has 0 aromatic rings. The molecule has 0 aromatic carbocycles. The first kappa shape index (κ1) is 22.4. The van der Waals surface area contributed by atoms with Gasteiger partial charge >= 0.3 is 6.16 Å². The van der Waals surface area contributed by atoms with E-state index in [0.29, 0.717) is 35.8 Å². The molecule has 0 aliphatic heterocycles. The smallest absolute Gasteiger partial charge is 0.449 e. The third kappa shape index (κ3) is 3.82. The molecule has 5 nitrogen and oxygen atoms in total. The Morgan fingerprint density at radius 1 is 1.06 bits per heavy atom. The van der Waals surface area contributed by atoms with Crippen LogP contribution in [0.4, 0.5) is 4.79 Å². The SMILES string of the molecule is CC(C)N(C(=O)[C@H]1CC[C@H]2[C@@H]3CCC4=C(CCC(OC(=O)O)=C4)[C@H]3CC[C@]12C)C(C)C. The summed E-state index contributed by atoms with van der Waals surface area (Å²) in [7, 11) is 0. The first-order valence-corrected chi connectivity index (χ1v) is 12.3. The van der Waals surface area contributed by atoms with Crippen molar-refractivity contribution in [3.8, 4) is 0 Å². The summed E-state index contributed by atoms with van der Waals surface area (Å²) in [5, 5.41) is 8.95. The van der Waals surface area contributed by atoms with Crippen LogP contribution in [0.25, 0.3) is 0 Å². The Kier molecular flexibility index (Phi) is 5.99. The van der Waals surface area contributed by atoms with Crippen LogP contribution in [0, 0.1) is 29.1 Å². The Balaban J connectivity index is 1.55. The van der Waals surface area contributed by atoms with Crippen LogP contribution in [0.15, 0.2) is 23.0 Å². The van der Waals surface area contributed by atoms with Gasteiger partial charge in [0, 0.05) is 24.4 Å². The van der Waals surface area contributed by atoms with Crippen LogP contribution in [0.3, 0.4) is 0 Å². The van der Waals surface area contributed by atoms with E-state index in [9.17, 15) is 9.59 Å². The highest BCUT2D eigenvalue weighted by atomic mass is 16.7.